The second-order valence-electron chi connectivity index (χ2n) is 6.26. The largest absolute Gasteiger partial charge is 0.495 e. The van der Waals surface area contributed by atoms with Crippen molar-refractivity contribution in [2.24, 2.45) is 0 Å². The SMILES string of the molecule is COc1cncc(-c2cc(Cl)c(C34CCCOC3SN(C)C(=N)N4)s2)c1. The summed E-state index contributed by atoms with van der Waals surface area (Å²) >= 11 is 9.82. The summed E-state index contributed by atoms with van der Waals surface area (Å²) in [4.78, 5) is 6.27. The summed E-state index contributed by atoms with van der Waals surface area (Å²) in [6, 6.07) is 3.91. The summed E-state index contributed by atoms with van der Waals surface area (Å²) in [5.41, 5.74) is 0.351. The molecule has 6 nitrogen and oxygen atoms in total. The molecule has 0 aliphatic carbocycles. The zero-order chi connectivity index (χ0) is 18.3. The van der Waals surface area contributed by atoms with Crippen molar-refractivity contribution in [3.05, 3.63) is 34.4 Å². The van der Waals surface area contributed by atoms with Gasteiger partial charge in [-0.05, 0) is 36.9 Å². The number of pyridine rings is 1. The number of nitrogens with one attached hydrogen (secondary N) is 2. The predicted octanol–water partition coefficient (Wildman–Crippen LogP) is 3.92. The van der Waals surface area contributed by atoms with Crippen molar-refractivity contribution in [2.75, 3.05) is 20.8 Å². The monoisotopic (exact) mass is 410 g/mol. The zero-order valence-corrected chi connectivity index (χ0v) is 16.8. The summed E-state index contributed by atoms with van der Waals surface area (Å²) in [6.45, 7) is 0.720. The molecule has 2 aliphatic rings. The van der Waals surface area contributed by atoms with Crippen molar-refractivity contribution in [2.45, 2.75) is 23.8 Å². The van der Waals surface area contributed by atoms with Crippen molar-refractivity contribution in [1.82, 2.24) is 14.6 Å². The van der Waals surface area contributed by atoms with Gasteiger partial charge in [-0.3, -0.25) is 14.7 Å². The quantitative estimate of drug-likeness (QED) is 0.747. The first-order valence-electron chi connectivity index (χ1n) is 8.21. The third kappa shape index (κ3) is 2.94. The summed E-state index contributed by atoms with van der Waals surface area (Å²) in [6.07, 6.45) is 5.28. The van der Waals surface area contributed by atoms with Crippen LogP contribution in [0.3, 0.4) is 0 Å². The third-order valence-electron chi connectivity index (χ3n) is 4.62. The molecule has 2 saturated heterocycles. The van der Waals surface area contributed by atoms with Crippen molar-refractivity contribution < 1.29 is 9.47 Å². The van der Waals surface area contributed by atoms with E-state index in [1.807, 2.05) is 19.2 Å². The topological polar surface area (TPSA) is 70.5 Å². The van der Waals surface area contributed by atoms with Crippen LogP contribution in [0.4, 0.5) is 0 Å². The van der Waals surface area contributed by atoms with E-state index in [2.05, 4.69) is 10.3 Å². The van der Waals surface area contributed by atoms with Crippen molar-refractivity contribution >= 4 is 40.8 Å². The van der Waals surface area contributed by atoms with E-state index in [1.54, 1.807) is 35.1 Å². The average molecular weight is 411 g/mol. The summed E-state index contributed by atoms with van der Waals surface area (Å²) < 4.78 is 13.1. The van der Waals surface area contributed by atoms with Gasteiger partial charge in [-0.25, -0.2) is 0 Å². The molecule has 2 aromatic rings. The number of aromatic nitrogens is 1. The number of nitrogens with zero attached hydrogens (tertiary/aromatic N) is 2. The van der Waals surface area contributed by atoms with Crippen LogP contribution in [-0.4, -0.2) is 41.4 Å². The number of hydrogen-bond acceptors (Lipinski definition) is 6. The molecule has 2 aromatic heterocycles. The first-order valence-corrected chi connectivity index (χ1v) is 10.2. The summed E-state index contributed by atoms with van der Waals surface area (Å²) in [7, 11) is 3.49. The Morgan fingerprint density at radius 1 is 1.46 bits per heavy atom. The van der Waals surface area contributed by atoms with Gasteiger partial charge in [-0.1, -0.05) is 11.6 Å². The Morgan fingerprint density at radius 3 is 3.12 bits per heavy atom. The number of methoxy groups -OCH3 is 1. The Morgan fingerprint density at radius 2 is 2.31 bits per heavy atom. The molecule has 9 heteroatoms. The highest BCUT2D eigenvalue weighted by atomic mass is 35.5. The fourth-order valence-corrected chi connectivity index (χ4v) is 6.11. The minimum Gasteiger partial charge on any atom is -0.495 e. The molecule has 4 heterocycles. The number of fused-ring (bicyclic) bond motifs is 1. The van der Waals surface area contributed by atoms with Crippen LogP contribution in [0.15, 0.2) is 24.5 Å². The second-order valence-corrected chi connectivity index (χ2v) is 8.90. The third-order valence-corrected chi connectivity index (χ3v) is 7.62. The lowest BCUT2D eigenvalue weighted by molar-refractivity contribution is -0.00140. The first kappa shape index (κ1) is 17.9. The van der Waals surface area contributed by atoms with Gasteiger partial charge >= 0.3 is 0 Å². The van der Waals surface area contributed by atoms with Gasteiger partial charge < -0.3 is 14.8 Å². The Kier molecular flexibility index (Phi) is 4.77. The van der Waals surface area contributed by atoms with Crippen LogP contribution >= 0.6 is 34.9 Å². The second kappa shape index (κ2) is 6.92. The van der Waals surface area contributed by atoms with Crippen molar-refractivity contribution in [3.8, 4) is 16.2 Å². The van der Waals surface area contributed by atoms with Gasteiger partial charge in [0.15, 0.2) is 5.44 Å². The van der Waals surface area contributed by atoms with E-state index >= 15 is 0 Å². The minimum absolute atomic E-state index is 0.122. The average Bonchev–Trinajstić information content (AvgIpc) is 3.05. The molecular formula is C17H19ClN4O2S2. The lowest BCUT2D eigenvalue weighted by atomic mass is 9.90. The highest BCUT2D eigenvalue weighted by Gasteiger charge is 2.51. The Balaban J connectivity index is 1.77. The van der Waals surface area contributed by atoms with E-state index in [0.29, 0.717) is 16.7 Å². The molecule has 2 fully saturated rings. The van der Waals surface area contributed by atoms with Gasteiger partial charge in [0, 0.05) is 30.3 Å². The van der Waals surface area contributed by atoms with E-state index in [9.17, 15) is 0 Å². The smallest absolute Gasteiger partial charge is 0.201 e. The van der Waals surface area contributed by atoms with Crippen LogP contribution < -0.4 is 10.1 Å². The lowest BCUT2D eigenvalue weighted by Crippen LogP contribution is -2.62. The molecule has 2 aliphatic heterocycles. The molecule has 4 rings (SSSR count). The van der Waals surface area contributed by atoms with E-state index in [0.717, 1.165) is 34.8 Å². The maximum absolute atomic E-state index is 8.26. The molecule has 0 aromatic carbocycles. The number of ether oxygens (including phenoxy) is 2. The molecule has 0 bridgehead atoms. The van der Waals surface area contributed by atoms with E-state index in [-0.39, 0.29) is 5.44 Å². The molecular weight excluding hydrogens is 392 g/mol. The minimum atomic E-state index is -0.487. The highest BCUT2D eigenvalue weighted by molar-refractivity contribution is 7.98. The number of thiophene rings is 1. The molecule has 0 saturated carbocycles. The van der Waals surface area contributed by atoms with Crippen LogP contribution in [0.25, 0.3) is 10.4 Å². The van der Waals surface area contributed by atoms with Gasteiger partial charge in [-0.2, -0.15) is 0 Å². The van der Waals surface area contributed by atoms with E-state index in [4.69, 9.17) is 26.5 Å². The number of guanidine groups is 1. The molecule has 2 atom stereocenters. The van der Waals surface area contributed by atoms with Crippen LogP contribution in [0.2, 0.25) is 5.02 Å². The predicted molar refractivity (Wildman–Crippen MR) is 106 cm³/mol. The lowest BCUT2D eigenvalue weighted by Gasteiger charge is -2.49. The zero-order valence-electron chi connectivity index (χ0n) is 14.4. The van der Waals surface area contributed by atoms with Crippen LogP contribution in [0.1, 0.15) is 17.7 Å². The molecule has 0 amide bonds. The normalized spacial score (nSPS) is 25.6. The van der Waals surface area contributed by atoms with Crippen LogP contribution in [0, 0.1) is 5.41 Å². The van der Waals surface area contributed by atoms with Crippen LogP contribution in [-0.2, 0) is 10.3 Å². The maximum atomic E-state index is 8.26. The molecule has 0 spiro atoms. The summed E-state index contributed by atoms with van der Waals surface area (Å²) in [5, 5.41) is 12.3. The van der Waals surface area contributed by atoms with Gasteiger partial charge in [-0.15, -0.1) is 11.3 Å². The number of hydrogen-bond donors (Lipinski definition) is 2. The fourth-order valence-electron chi connectivity index (χ4n) is 3.29. The molecule has 26 heavy (non-hydrogen) atoms. The highest BCUT2D eigenvalue weighted by Crippen LogP contribution is 2.50. The van der Waals surface area contributed by atoms with E-state index < -0.39 is 5.54 Å². The van der Waals surface area contributed by atoms with Gasteiger partial charge in [0.2, 0.25) is 5.96 Å². The maximum Gasteiger partial charge on any atom is 0.201 e. The molecule has 0 radical (unpaired) electrons. The molecule has 2 N–H and O–H groups in total. The standard InChI is InChI=1S/C17H19ClN4O2S2/c1-22-16(19)21-17(4-3-5-24-15(17)26-22)14-12(18)7-13(25-14)10-6-11(23-2)9-20-8-10/h6-9,15H,3-5H2,1-2H3,(H2,19,21). The van der Waals surface area contributed by atoms with Crippen molar-refractivity contribution in [1.29, 1.82) is 5.41 Å². The Bertz CT molecular complexity index is 846. The van der Waals surface area contributed by atoms with Gasteiger partial charge in [0.25, 0.3) is 0 Å². The van der Waals surface area contributed by atoms with Crippen LogP contribution in [0.5, 0.6) is 5.75 Å². The van der Waals surface area contributed by atoms with Gasteiger partial charge in [0.1, 0.15) is 11.3 Å². The molecule has 2 unspecified atom stereocenters. The molecule has 138 valence electrons. The van der Waals surface area contributed by atoms with Gasteiger partial charge in [0.05, 0.1) is 23.2 Å². The Hall–Kier alpha value is -1.48. The Labute approximate surface area is 165 Å². The first-order chi connectivity index (χ1) is 12.5. The van der Waals surface area contributed by atoms with Crippen molar-refractivity contribution in [3.63, 3.8) is 0 Å². The fraction of sp³-hybridized carbons (Fsp3) is 0.412. The van der Waals surface area contributed by atoms with E-state index in [1.165, 1.54) is 11.9 Å². The summed E-state index contributed by atoms with van der Waals surface area (Å²) in [5.74, 6) is 1.08. The number of halogens is 1. The number of rotatable bonds is 3.